The van der Waals surface area contributed by atoms with Crippen LogP contribution in [0, 0.1) is 0 Å². The summed E-state index contributed by atoms with van der Waals surface area (Å²) in [6, 6.07) is 3.64. The van der Waals surface area contributed by atoms with Gasteiger partial charge < -0.3 is 5.32 Å². The lowest BCUT2D eigenvalue weighted by molar-refractivity contribution is 0.234. The third-order valence-corrected chi connectivity index (χ3v) is 6.66. The van der Waals surface area contributed by atoms with Crippen molar-refractivity contribution in [1.29, 1.82) is 0 Å². The van der Waals surface area contributed by atoms with E-state index in [0.29, 0.717) is 23.8 Å². The number of nitrogens with zero attached hydrogens (tertiary/aromatic N) is 1. The van der Waals surface area contributed by atoms with Crippen LogP contribution in [0.15, 0.2) is 16.3 Å². The van der Waals surface area contributed by atoms with Crippen molar-refractivity contribution >= 4 is 21.4 Å². The van der Waals surface area contributed by atoms with Crippen LogP contribution in [-0.4, -0.2) is 37.9 Å². The van der Waals surface area contributed by atoms with Crippen molar-refractivity contribution in [2.24, 2.45) is 0 Å². The number of piperazine rings is 1. The molecule has 1 N–H and O–H groups in total. The van der Waals surface area contributed by atoms with Gasteiger partial charge in [0.1, 0.15) is 4.21 Å². The first-order chi connectivity index (χ1) is 8.35. The summed E-state index contributed by atoms with van der Waals surface area (Å²) in [5.74, 6) is 0. The maximum atomic E-state index is 12.5. The number of nitrogens with one attached hydrogen (secondary N) is 1. The SMILES string of the molecule is CCc1ccc(S(=O)(=O)N2CCNC(C)(C)C2)s1. The molecule has 4 nitrogen and oxygen atoms in total. The smallest absolute Gasteiger partial charge is 0.252 e. The van der Waals surface area contributed by atoms with E-state index in [1.165, 1.54) is 11.3 Å². The van der Waals surface area contributed by atoms with Crippen molar-refractivity contribution < 1.29 is 8.42 Å². The fourth-order valence-corrected chi connectivity index (χ4v) is 5.17. The average Bonchev–Trinajstić information content (AvgIpc) is 2.76. The quantitative estimate of drug-likeness (QED) is 0.920. The summed E-state index contributed by atoms with van der Waals surface area (Å²) in [7, 11) is -3.31. The summed E-state index contributed by atoms with van der Waals surface area (Å²) in [6.07, 6.45) is 0.882. The van der Waals surface area contributed by atoms with Gasteiger partial charge in [-0.3, -0.25) is 0 Å². The predicted octanol–water partition coefficient (Wildman–Crippen LogP) is 1.68. The van der Waals surface area contributed by atoms with Crippen LogP contribution in [0.25, 0.3) is 0 Å². The Labute approximate surface area is 113 Å². The van der Waals surface area contributed by atoms with Gasteiger partial charge in [0.05, 0.1) is 0 Å². The second-order valence-corrected chi connectivity index (χ2v) is 8.56. The molecule has 0 aromatic carbocycles. The lowest BCUT2D eigenvalue weighted by Gasteiger charge is -2.37. The highest BCUT2D eigenvalue weighted by Gasteiger charge is 2.34. The third kappa shape index (κ3) is 2.77. The fourth-order valence-electron chi connectivity index (χ4n) is 2.11. The van der Waals surface area contributed by atoms with Crippen LogP contribution >= 0.6 is 11.3 Å². The van der Waals surface area contributed by atoms with Crippen LogP contribution in [0.1, 0.15) is 25.6 Å². The Hall–Kier alpha value is -0.430. The van der Waals surface area contributed by atoms with E-state index in [1.54, 1.807) is 10.4 Å². The standard InChI is InChI=1S/C12H20N2O2S2/c1-4-10-5-6-11(17-10)18(15,16)14-8-7-13-12(2,3)9-14/h5-6,13H,4,7-9H2,1-3H3. The van der Waals surface area contributed by atoms with Crippen LogP contribution < -0.4 is 5.32 Å². The first kappa shape index (κ1) is 14.0. The molecule has 0 radical (unpaired) electrons. The second-order valence-electron chi connectivity index (χ2n) is 5.22. The summed E-state index contributed by atoms with van der Waals surface area (Å²) in [4.78, 5) is 1.11. The molecule has 0 bridgehead atoms. The van der Waals surface area contributed by atoms with Gasteiger partial charge in [-0.2, -0.15) is 4.31 Å². The van der Waals surface area contributed by atoms with Crippen molar-refractivity contribution in [3.8, 4) is 0 Å². The molecule has 18 heavy (non-hydrogen) atoms. The molecule has 1 aromatic heterocycles. The highest BCUT2D eigenvalue weighted by atomic mass is 32.2. The van der Waals surface area contributed by atoms with E-state index in [0.717, 1.165) is 11.3 Å². The monoisotopic (exact) mass is 288 g/mol. The normalized spacial score (nSPS) is 21.1. The molecule has 0 atom stereocenters. The van der Waals surface area contributed by atoms with Crippen molar-refractivity contribution in [1.82, 2.24) is 9.62 Å². The molecule has 1 fully saturated rings. The molecule has 0 aliphatic carbocycles. The van der Waals surface area contributed by atoms with Crippen LogP contribution in [0.2, 0.25) is 0 Å². The van der Waals surface area contributed by atoms with E-state index in [4.69, 9.17) is 0 Å². The molecular formula is C12H20N2O2S2. The van der Waals surface area contributed by atoms with Gasteiger partial charge in [-0.15, -0.1) is 11.3 Å². The predicted molar refractivity (Wildman–Crippen MR) is 74.5 cm³/mol. The van der Waals surface area contributed by atoms with Gasteiger partial charge in [-0.25, -0.2) is 8.42 Å². The molecule has 1 saturated heterocycles. The summed E-state index contributed by atoms with van der Waals surface area (Å²) in [6.45, 7) is 7.87. The molecule has 0 saturated carbocycles. The Kier molecular flexibility index (Phi) is 3.82. The van der Waals surface area contributed by atoms with Gasteiger partial charge in [0, 0.05) is 30.1 Å². The average molecular weight is 288 g/mol. The topological polar surface area (TPSA) is 49.4 Å². The second kappa shape index (κ2) is 4.92. The van der Waals surface area contributed by atoms with Crippen LogP contribution in [0.3, 0.4) is 0 Å². The van der Waals surface area contributed by atoms with Gasteiger partial charge >= 0.3 is 0 Å². The number of aryl methyl sites for hydroxylation is 1. The number of hydrogen-bond donors (Lipinski definition) is 1. The Balaban J connectivity index is 2.25. The Morgan fingerprint density at radius 3 is 2.72 bits per heavy atom. The Morgan fingerprint density at radius 1 is 1.44 bits per heavy atom. The lowest BCUT2D eigenvalue weighted by atomic mass is 10.0. The van der Waals surface area contributed by atoms with Crippen molar-refractivity contribution in [3.05, 3.63) is 17.0 Å². The molecule has 1 aromatic rings. The van der Waals surface area contributed by atoms with E-state index in [-0.39, 0.29) is 5.54 Å². The summed E-state index contributed by atoms with van der Waals surface area (Å²) < 4.78 is 27.1. The van der Waals surface area contributed by atoms with E-state index < -0.39 is 10.0 Å². The zero-order chi connectivity index (χ0) is 13.4. The maximum Gasteiger partial charge on any atom is 0.252 e. The zero-order valence-corrected chi connectivity index (χ0v) is 12.7. The van der Waals surface area contributed by atoms with Gasteiger partial charge in [-0.1, -0.05) is 6.92 Å². The molecule has 2 heterocycles. The fraction of sp³-hybridized carbons (Fsp3) is 0.667. The first-order valence-electron chi connectivity index (χ1n) is 6.19. The van der Waals surface area contributed by atoms with Crippen molar-refractivity contribution in [2.45, 2.75) is 36.9 Å². The minimum atomic E-state index is -3.31. The van der Waals surface area contributed by atoms with Gasteiger partial charge in [0.25, 0.3) is 10.0 Å². The van der Waals surface area contributed by atoms with Gasteiger partial charge in [0.2, 0.25) is 0 Å². The van der Waals surface area contributed by atoms with E-state index in [9.17, 15) is 8.42 Å². The molecule has 102 valence electrons. The minimum Gasteiger partial charge on any atom is -0.309 e. The van der Waals surface area contributed by atoms with Crippen LogP contribution in [-0.2, 0) is 16.4 Å². The van der Waals surface area contributed by atoms with E-state index >= 15 is 0 Å². The van der Waals surface area contributed by atoms with Crippen LogP contribution in [0.4, 0.5) is 0 Å². The van der Waals surface area contributed by atoms with Gasteiger partial charge in [0.15, 0.2) is 0 Å². The van der Waals surface area contributed by atoms with Crippen LogP contribution in [0.5, 0.6) is 0 Å². The Morgan fingerprint density at radius 2 is 2.17 bits per heavy atom. The van der Waals surface area contributed by atoms with E-state index in [1.807, 2.05) is 26.8 Å². The zero-order valence-electron chi connectivity index (χ0n) is 11.1. The lowest BCUT2D eigenvalue weighted by Crippen LogP contribution is -2.58. The molecule has 1 aliphatic rings. The highest BCUT2D eigenvalue weighted by Crippen LogP contribution is 2.27. The molecule has 6 heteroatoms. The molecule has 0 unspecified atom stereocenters. The number of rotatable bonds is 3. The summed E-state index contributed by atoms with van der Waals surface area (Å²) in [5, 5.41) is 3.33. The van der Waals surface area contributed by atoms with E-state index in [2.05, 4.69) is 5.32 Å². The molecule has 0 spiro atoms. The molecule has 0 amide bonds. The summed E-state index contributed by atoms with van der Waals surface area (Å²) in [5.41, 5.74) is -0.157. The highest BCUT2D eigenvalue weighted by molar-refractivity contribution is 7.91. The maximum absolute atomic E-state index is 12.5. The number of sulfonamides is 1. The largest absolute Gasteiger partial charge is 0.309 e. The van der Waals surface area contributed by atoms with Crippen molar-refractivity contribution in [2.75, 3.05) is 19.6 Å². The van der Waals surface area contributed by atoms with Gasteiger partial charge in [-0.05, 0) is 32.4 Å². The molecular weight excluding hydrogens is 268 g/mol. The number of thiophene rings is 1. The first-order valence-corrected chi connectivity index (χ1v) is 8.45. The molecule has 2 rings (SSSR count). The van der Waals surface area contributed by atoms with Crippen molar-refractivity contribution in [3.63, 3.8) is 0 Å². The third-order valence-electron chi connectivity index (χ3n) is 3.12. The molecule has 1 aliphatic heterocycles. The summed E-state index contributed by atoms with van der Waals surface area (Å²) >= 11 is 1.38. The minimum absolute atomic E-state index is 0.157. The number of hydrogen-bond acceptors (Lipinski definition) is 4. The Bertz CT molecular complexity index is 520.